The first-order valence-corrected chi connectivity index (χ1v) is 9.38. The molecule has 4 rings (SSSR count). The number of nitro benzene ring substituents is 1. The number of carbonyl (C=O) groups is 3. The van der Waals surface area contributed by atoms with E-state index in [-0.39, 0.29) is 28.6 Å². The molecular formula is C22H14FN3O7. The lowest BCUT2D eigenvalue weighted by atomic mass is 10.1. The minimum Gasteiger partial charge on any atom is -0.496 e. The zero-order chi connectivity index (χ0) is 23.7. The summed E-state index contributed by atoms with van der Waals surface area (Å²) in [6.45, 7) is 0. The predicted molar refractivity (Wildman–Crippen MR) is 113 cm³/mol. The molecule has 11 heteroatoms. The molecule has 1 saturated heterocycles. The highest BCUT2D eigenvalue weighted by Crippen LogP contribution is 2.34. The van der Waals surface area contributed by atoms with E-state index < -0.39 is 34.2 Å². The van der Waals surface area contributed by atoms with Crippen molar-refractivity contribution in [2.75, 3.05) is 12.0 Å². The molecule has 10 nitrogen and oxygen atoms in total. The van der Waals surface area contributed by atoms with Crippen molar-refractivity contribution in [1.82, 2.24) is 5.32 Å². The fraction of sp³-hybridized carbons (Fsp3) is 0.0455. The van der Waals surface area contributed by atoms with Gasteiger partial charge in [0.05, 0.1) is 29.4 Å². The van der Waals surface area contributed by atoms with E-state index in [1.54, 1.807) is 0 Å². The van der Waals surface area contributed by atoms with Crippen LogP contribution in [-0.2, 0) is 9.59 Å². The van der Waals surface area contributed by atoms with Gasteiger partial charge in [0, 0.05) is 6.07 Å². The summed E-state index contributed by atoms with van der Waals surface area (Å²) in [5, 5.41) is 13.0. The molecule has 2 heterocycles. The van der Waals surface area contributed by atoms with Gasteiger partial charge in [-0.05, 0) is 42.5 Å². The Morgan fingerprint density at radius 2 is 1.91 bits per heavy atom. The molecule has 4 amide bonds. The first kappa shape index (κ1) is 21.4. The molecule has 1 aliphatic rings. The molecule has 0 radical (unpaired) electrons. The van der Waals surface area contributed by atoms with E-state index in [1.165, 1.54) is 49.6 Å². The number of anilines is 1. The van der Waals surface area contributed by atoms with E-state index >= 15 is 0 Å². The SMILES string of the molecule is COc1cc([N+](=O)[O-])ccc1-c1ccc(C=C2C(=O)NC(=O)N(c3cccc(F)c3)C2=O)o1. The lowest BCUT2D eigenvalue weighted by Crippen LogP contribution is -2.54. The number of ether oxygens (including phenoxy) is 1. The number of amides is 4. The number of furan rings is 1. The summed E-state index contributed by atoms with van der Waals surface area (Å²) in [6, 6.07) is 10.7. The summed E-state index contributed by atoms with van der Waals surface area (Å²) in [5.41, 5.74) is -0.220. The highest BCUT2D eigenvalue weighted by Gasteiger charge is 2.37. The van der Waals surface area contributed by atoms with Crippen molar-refractivity contribution in [3.05, 3.63) is 81.9 Å². The summed E-state index contributed by atoms with van der Waals surface area (Å²) in [4.78, 5) is 48.4. The summed E-state index contributed by atoms with van der Waals surface area (Å²) >= 11 is 0. The minimum absolute atomic E-state index is 0.0494. The maximum atomic E-state index is 13.6. The smallest absolute Gasteiger partial charge is 0.335 e. The first-order valence-electron chi connectivity index (χ1n) is 9.38. The van der Waals surface area contributed by atoms with Gasteiger partial charge in [-0.3, -0.25) is 25.0 Å². The lowest BCUT2D eigenvalue weighted by molar-refractivity contribution is -0.384. The first-order chi connectivity index (χ1) is 15.8. The zero-order valence-electron chi connectivity index (χ0n) is 16.9. The highest BCUT2D eigenvalue weighted by atomic mass is 19.1. The second-order valence-corrected chi connectivity index (χ2v) is 6.78. The number of non-ortho nitro benzene ring substituents is 1. The maximum absolute atomic E-state index is 13.6. The summed E-state index contributed by atoms with van der Waals surface area (Å²) in [6.07, 6.45) is 1.14. The van der Waals surface area contributed by atoms with Crippen molar-refractivity contribution in [1.29, 1.82) is 0 Å². The number of nitro groups is 1. The monoisotopic (exact) mass is 451 g/mol. The Morgan fingerprint density at radius 1 is 1.12 bits per heavy atom. The van der Waals surface area contributed by atoms with Gasteiger partial charge in [-0.2, -0.15) is 0 Å². The standard InChI is InChI=1S/C22H14FN3O7/c1-32-19-10-14(26(30)31)5-7-16(19)18-8-6-15(33-18)11-17-20(27)24-22(29)25(21(17)28)13-4-2-3-12(23)9-13/h2-11H,1H3,(H,24,27,29). The van der Waals surface area contributed by atoms with Crippen LogP contribution in [-0.4, -0.2) is 29.9 Å². The third kappa shape index (κ3) is 4.06. The number of carbonyl (C=O) groups excluding carboxylic acids is 3. The molecule has 0 bridgehead atoms. The number of barbiturate groups is 1. The Labute approximate surface area is 185 Å². The van der Waals surface area contributed by atoms with E-state index in [0.717, 1.165) is 18.2 Å². The van der Waals surface area contributed by atoms with Crippen LogP contribution >= 0.6 is 0 Å². The molecule has 1 aliphatic heterocycles. The molecule has 1 fully saturated rings. The van der Waals surface area contributed by atoms with Crippen molar-refractivity contribution >= 4 is 35.3 Å². The van der Waals surface area contributed by atoms with Gasteiger partial charge in [0.1, 0.15) is 28.7 Å². The fourth-order valence-electron chi connectivity index (χ4n) is 3.22. The van der Waals surface area contributed by atoms with Crippen LogP contribution in [0.1, 0.15) is 5.76 Å². The number of rotatable bonds is 5. The van der Waals surface area contributed by atoms with Crippen LogP contribution in [0, 0.1) is 15.9 Å². The normalized spacial score (nSPS) is 15.0. The van der Waals surface area contributed by atoms with Gasteiger partial charge >= 0.3 is 6.03 Å². The number of halogens is 1. The van der Waals surface area contributed by atoms with E-state index in [2.05, 4.69) is 0 Å². The van der Waals surface area contributed by atoms with Crippen molar-refractivity contribution in [3.8, 4) is 17.1 Å². The molecule has 1 N–H and O–H groups in total. The van der Waals surface area contributed by atoms with Crippen LogP contribution in [0.15, 0.2) is 64.6 Å². The number of nitrogens with zero attached hydrogens (tertiary/aromatic N) is 2. The topological polar surface area (TPSA) is 132 Å². The van der Waals surface area contributed by atoms with Crippen LogP contribution in [0.3, 0.4) is 0 Å². The third-order valence-corrected chi connectivity index (χ3v) is 4.74. The minimum atomic E-state index is -1.01. The Kier molecular flexibility index (Phi) is 5.44. The Morgan fingerprint density at radius 3 is 2.61 bits per heavy atom. The molecule has 33 heavy (non-hydrogen) atoms. The zero-order valence-corrected chi connectivity index (χ0v) is 16.9. The number of imide groups is 2. The summed E-state index contributed by atoms with van der Waals surface area (Å²) in [7, 11) is 1.34. The van der Waals surface area contributed by atoms with Gasteiger partial charge in [-0.15, -0.1) is 0 Å². The predicted octanol–water partition coefficient (Wildman–Crippen LogP) is 3.67. The molecule has 0 aliphatic carbocycles. The van der Waals surface area contributed by atoms with Gasteiger partial charge in [-0.1, -0.05) is 6.07 Å². The van der Waals surface area contributed by atoms with Crippen LogP contribution in [0.25, 0.3) is 17.4 Å². The molecule has 0 spiro atoms. The lowest BCUT2D eigenvalue weighted by Gasteiger charge is -2.26. The molecule has 1 aromatic heterocycles. The van der Waals surface area contributed by atoms with Crippen molar-refractivity contribution in [3.63, 3.8) is 0 Å². The number of hydrogen-bond acceptors (Lipinski definition) is 7. The van der Waals surface area contributed by atoms with E-state index in [1.807, 2.05) is 5.32 Å². The molecule has 0 saturated carbocycles. The molecular weight excluding hydrogens is 437 g/mol. The van der Waals surface area contributed by atoms with Crippen molar-refractivity contribution in [2.24, 2.45) is 0 Å². The van der Waals surface area contributed by atoms with Gasteiger partial charge < -0.3 is 9.15 Å². The molecule has 3 aromatic rings. The highest BCUT2D eigenvalue weighted by molar-refractivity contribution is 6.39. The Bertz CT molecular complexity index is 1350. The van der Waals surface area contributed by atoms with E-state index in [4.69, 9.17) is 9.15 Å². The van der Waals surface area contributed by atoms with Gasteiger partial charge in [0.15, 0.2) is 0 Å². The van der Waals surface area contributed by atoms with Crippen molar-refractivity contribution in [2.45, 2.75) is 0 Å². The summed E-state index contributed by atoms with van der Waals surface area (Å²) in [5.74, 6) is -2.02. The Hall–Kier alpha value is -4.80. The maximum Gasteiger partial charge on any atom is 0.335 e. The molecule has 0 atom stereocenters. The number of benzene rings is 2. The van der Waals surface area contributed by atoms with Crippen molar-refractivity contribution < 1.29 is 32.9 Å². The third-order valence-electron chi connectivity index (χ3n) is 4.74. The van der Waals surface area contributed by atoms with E-state index in [0.29, 0.717) is 10.5 Å². The van der Waals surface area contributed by atoms with Gasteiger partial charge in [0.25, 0.3) is 17.5 Å². The second kappa shape index (κ2) is 8.38. The van der Waals surface area contributed by atoms with Crippen LogP contribution < -0.4 is 15.0 Å². The number of methoxy groups -OCH3 is 1. The molecule has 166 valence electrons. The average molecular weight is 451 g/mol. The van der Waals surface area contributed by atoms with Gasteiger partial charge in [-0.25, -0.2) is 14.1 Å². The molecule has 0 unspecified atom stereocenters. The Balaban J connectivity index is 1.68. The van der Waals surface area contributed by atoms with Gasteiger partial charge in [0.2, 0.25) is 0 Å². The van der Waals surface area contributed by atoms with Crippen LogP contribution in [0.2, 0.25) is 0 Å². The van der Waals surface area contributed by atoms with Crippen LogP contribution in [0.4, 0.5) is 20.6 Å². The molecule has 2 aromatic carbocycles. The number of hydrogen-bond donors (Lipinski definition) is 1. The quantitative estimate of drug-likeness (QED) is 0.271. The fourth-order valence-corrected chi connectivity index (χ4v) is 3.22. The largest absolute Gasteiger partial charge is 0.496 e. The number of nitrogens with one attached hydrogen (secondary N) is 1. The average Bonchev–Trinajstić information content (AvgIpc) is 3.24. The second-order valence-electron chi connectivity index (χ2n) is 6.78. The summed E-state index contributed by atoms with van der Waals surface area (Å²) < 4.78 is 24.5. The van der Waals surface area contributed by atoms with Crippen LogP contribution in [0.5, 0.6) is 5.75 Å². The number of urea groups is 1. The van der Waals surface area contributed by atoms with E-state index in [9.17, 15) is 28.9 Å².